The molecular formula is C27H34ClNO4. The number of ether oxygens (including phenoxy) is 3. The molecule has 1 heterocycles. The van der Waals surface area contributed by atoms with E-state index in [0.717, 1.165) is 54.0 Å². The van der Waals surface area contributed by atoms with Crippen molar-refractivity contribution in [2.24, 2.45) is 0 Å². The maximum absolute atomic E-state index is 12.5. The highest BCUT2D eigenvalue weighted by Gasteiger charge is 2.36. The third kappa shape index (κ3) is 6.01. The van der Waals surface area contributed by atoms with Crippen molar-refractivity contribution in [1.29, 1.82) is 0 Å². The molecule has 2 aromatic carbocycles. The second kappa shape index (κ2) is 10.4. The van der Waals surface area contributed by atoms with Crippen LogP contribution in [0.15, 0.2) is 36.4 Å². The molecule has 5 nitrogen and oxygen atoms in total. The standard InChI is InChI=1S/C27H34ClNO4/c1-4-7-26(30)29-24-12-11-20(32-17-31-19-8-5-6-9-19)15-21(24)23-16-27(2,3)33-25-13-10-18(28)14-22(23)25/h10-15,19,23H,4-9,16-17H2,1-3H3,(H,29,30). The molecule has 0 spiro atoms. The van der Waals surface area contributed by atoms with Gasteiger partial charge in [-0.2, -0.15) is 0 Å². The van der Waals surface area contributed by atoms with Gasteiger partial charge in [-0.25, -0.2) is 0 Å². The van der Waals surface area contributed by atoms with Crippen LogP contribution in [-0.2, 0) is 9.53 Å². The van der Waals surface area contributed by atoms with Crippen molar-refractivity contribution in [3.05, 3.63) is 52.5 Å². The predicted molar refractivity (Wildman–Crippen MR) is 131 cm³/mol. The minimum atomic E-state index is -0.362. The minimum Gasteiger partial charge on any atom is -0.488 e. The lowest BCUT2D eigenvalue weighted by Gasteiger charge is -2.38. The highest BCUT2D eigenvalue weighted by Crippen LogP contribution is 2.47. The average molecular weight is 472 g/mol. The second-order valence-corrected chi connectivity index (χ2v) is 10.1. The summed E-state index contributed by atoms with van der Waals surface area (Å²) < 4.78 is 18.1. The van der Waals surface area contributed by atoms with Crippen LogP contribution in [0.3, 0.4) is 0 Å². The first kappa shape index (κ1) is 23.9. The topological polar surface area (TPSA) is 56.8 Å². The van der Waals surface area contributed by atoms with Gasteiger partial charge in [0, 0.05) is 28.6 Å². The smallest absolute Gasteiger partial charge is 0.224 e. The van der Waals surface area contributed by atoms with Gasteiger partial charge in [0.1, 0.15) is 17.1 Å². The van der Waals surface area contributed by atoms with Gasteiger partial charge in [-0.1, -0.05) is 31.4 Å². The van der Waals surface area contributed by atoms with Crippen molar-refractivity contribution < 1.29 is 19.0 Å². The molecule has 1 amide bonds. The second-order valence-electron chi connectivity index (χ2n) is 9.68. The number of nitrogens with one attached hydrogen (secondary N) is 1. The van der Waals surface area contributed by atoms with E-state index in [1.54, 1.807) is 0 Å². The van der Waals surface area contributed by atoms with E-state index in [2.05, 4.69) is 19.2 Å². The number of rotatable bonds is 8. The van der Waals surface area contributed by atoms with Gasteiger partial charge >= 0.3 is 0 Å². The molecular weight excluding hydrogens is 438 g/mol. The molecule has 1 saturated carbocycles. The van der Waals surface area contributed by atoms with Crippen molar-refractivity contribution >= 4 is 23.2 Å². The quantitative estimate of drug-likeness (QED) is 0.418. The Morgan fingerprint density at radius 3 is 2.70 bits per heavy atom. The first-order valence-corrected chi connectivity index (χ1v) is 12.4. The lowest BCUT2D eigenvalue weighted by molar-refractivity contribution is -0.116. The van der Waals surface area contributed by atoms with E-state index < -0.39 is 0 Å². The van der Waals surface area contributed by atoms with Crippen LogP contribution in [0, 0.1) is 0 Å². The van der Waals surface area contributed by atoms with Gasteiger partial charge in [0.25, 0.3) is 0 Å². The summed E-state index contributed by atoms with van der Waals surface area (Å²) in [4.78, 5) is 12.5. The van der Waals surface area contributed by atoms with Gasteiger partial charge in [0.2, 0.25) is 5.91 Å². The summed E-state index contributed by atoms with van der Waals surface area (Å²) in [5.74, 6) is 1.56. The number of benzene rings is 2. The molecule has 0 radical (unpaired) electrons. The van der Waals surface area contributed by atoms with Crippen molar-refractivity contribution in [2.45, 2.75) is 83.3 Å². The number of carbonyl (C=O) groups is 1. The number of halogens is 1. The molecule has 1 fully saturated rings. The number of hydrogen-bond donors (Lipinski definition) is 1. The molecule has 33 heavy (non-hydrogen) atoms. The van der Waals surface area contributed by atoms with Gasteiger partial charge in [-0.05, 0) is 81.5 Å². The Bertz CT molecular complexity index is 984. The van der Waals surface area contributed by atoms with E-state index in [1.165, 1.54) is 12.8 Å². The highest BCUT2D eigenvalue weighted by atomic mass is 35.5. The third-order valence-corrected chi connectivity index (χ3v) is 6.65. The molecule has 0 aromatic heterocycles. The predicted octanol–water partition coefficient (Wildman–Crippen LogP) is 7.07. The van der Waals surface area contributed by atoms with E-state index >= 15 is 0 Å². The molecule has 1 aliphatic heterocycles. The Kier molecular flexibility index (Phi) is 7.50. The Morgan fingerprint density at radius 1 is 1.15 bits per heavy atom. The van der Waals surface area contributed by atoms with Crippen LogP contribution < -0.4 is 14.8 Å². The minimum absolute atomic E-state index is 0.00123. The summed E-state index contributed by atoms with van der Waals surface area (Å²) in [6.07, 6.45) is 6.97. The summed E-state index contributed by atoms with van der Waals surface area (Å²) in [6, 6.07) is 11.6. The summed E-state index contributed by atoms with van der Waals surface area (Å²) in [7, 11) is 0. The van der Waals surface area contributed by atoms with Crippen LogP contribution >= 0.6 is 11.6 Å². The maximum atomic E-state index is 12.5. The van der Waals surface area contributed by atoms with E-state index in [1.807, 2.05) is 43.3 Å². The van der Waals surface area contributed by atoms with Crippen LogP contribution in [0.25, 0.3) is 0 Å². The van der Waals surface area contributed by atoms with E-state index in [-0.39, 0.29) is 24.2 Å². The fourth-order valence-corrected chi connectivity index (χ4v) is 5.01. The van der Waals surface area contributed by atoms with Crippen molar-refractivity contribution in [3.8, 4) is 11.5 Å². The summed E-state index contributed by atoms with van der Waals surface area (Å²) in [5, 5.41) is 3.77. The number of anilines is 1. The first-order valence-electron chi connectivity index (χ1n) is 12.0. The molecule has 1 atom stereocenters. The van der Waals surface area contributed by atoms with Crippen LogP contribution in [0.1, 0.15) is 82.8 Å². The Morgan fingerprint density at radius 2 is 1.94 bits per heavy atom. The van der Waals surface area contributed by atoms with E-state index in [0.29, 0.717) is 17.5 Å². The molecule has 4 rings (SSSR count). The van der Waals surface area contributed by atoms with Crippen LogP contribution in [0.2, 0.25) is 5.02 Å². The SMILES string of the molecule is CCCC(=O)Nc1ccc(OCOC2CCCC2)cc1C1CC(C)(C)Oc2ccc(Cl)cc21. The van der Waals surface area contributed by atoms with Gasteiger partial charge in [0.15, 0.2) is 6.79 Å². The Labute approximate surface area is 201 Å². The lowest BCUT2D eigenvalue weighted by atomic mass is 9.79. The molecule has 178 valence electrons. The van der Waals surface area contributed by atoms with Crippen LogP contribution in [0.5, 0.6) is 11.5 Å². The van der Waals surface area contributed by atoms with Crippen molar-refractivity contribution in [1.82, 2.24) is 0 Å². The molecule has 0 saturated heterocycles. The van der Waals surface area contributed by atoms with Crippen molar-refractivity contribution in [3.63, 3.8) is 0 Å². The monoisotopic (exact) mass is 471 g/mol. The maximum Gasteiger partial charge on any atom is 0.224 e. The molecule has 6 heteroatoms. The zero-order valence-electron chi connectivity index (χ0n) is 19.8. The highest BCUT2D eigenvalue weighted by molar-refractivity contribution is 6.30. The zero-order valence-corrected chi connectivity index (χ0v) is 20.5. The fourth-order valence-electron chi connectivity index (χ4n) is 4.83. The van der Waals surface area contributed by atoms with E-state index in [4.69, 9.17) is 25.8 Å². The third-order valence-electron chi connectivity index (χ3n) is 6.41. The fraction of sp³-hybridized carbons (Fsp3) is 0.519. The zero-order chi connectivity index (χ0) is 23.4. The van der Waals surface area contributed by atoms with Crippen LogP contribution in [-0.4, -0.2) is 24.4 Å². The average Bonchev–Trinajstić information content (AvgIpc) is 3.28. The molecule has 0 bridgehead atoms. The number of carbonyl (C=O) groups excluding carboxylic acids is 1. The number of fused-ring (bicyclic) bond motifs is 1. The van der Waals surface area contributed by atoms with Gasteiger partial charge in [-0.3, -0.25) is 4.79 Å². The molecule has 1 unspecified atom stereocenters. The Hall–Kier alpha value is -2.24. The van der Waals surface area contributed by atoms with Gasteiger partial charge in [-0.15, -0.1) is 0 Å². The number of amides is 1. The lowest BCUT2D eigenvalue weighted by Crippen LogP contribution is -2.35. The van der Waals surface area contributed by atoms with E-state index in [9.17, 15) is 4.79 Å². The molecule has 1 N–H and O–H groups in total. The Balaban J connectivity index is 1.65. The largest absolute Gasteiger partial charge is 0.488 e. The summed E-state index contributed by atoms with van der Waals surface area (Å²) in [5.41, 5.74) is 2.45. The molecule has 2 aromatic rings. The van der Waals surface area contributed by atoms with Gasteiger partial charge < -0.3 is 19.5 Å². The molecule has 1 aliphatic carbocycles. The van der Waals surface area contributed by atoms with Crippen molar-refractivity contribution in [2.75, 3.05) is 12.1 Å². The molecule has 2 aliphatic rings. The summed E-state index contributed by atoms with van der Waals surface area (Å²) in [6.45, 7) is 6.40. The summed E-state index contributed by atoms with van der Waals surface area (Å²) >= 11 is 6.36. The number of hydrogen-bond acceptors (Lipinski definition) is 4. The van der Waals surface area contributed by atoms with Crippen LogP contribution in [0.4, 0.5) is 5.69 Å². The first-order chi connectivity index (χ1) is 15.8. The van der Waals surface area contributed by atoms with Gasteiger partial charge in [0.05, 0.1) is 6.10 Å². The normalized spacial score (nSPS) is 19.6.